The number of likely N-dealkylation sites (N-methyl/N-ethyl adjacent to an activating group) is 1. The monoisotopic (exact) mass is 344 g/mol. The Bertz CT molecular complexity index is 475. The van der Waals surface area contributed by atoms with E-state index in [0.717, 1.165) is 21.5 Å². The van der Waals surface area contributed by atoms with E-state index in [0.29, 0.717) is 19.5 Å². The number of rotatable bonds is 4. The quantitative estimate of drug-likeness (QED) is 0.841. The van der Waals surface area contributed by atoms with Crippen molar-refractivity contribution >= 4 is 39.1 Å². The maximum atomic E-state index is 12.1. The highest BCUT2D eigenvalue weighted by atomic mass is 79.9. The lowest BCUT2D eigenvalue weighted by atomic mass is 10.1. The van der Waals surface area contributed by atoms with Crippen LogP contribution in [0.1, 0.15) is 24.1 Å². The van der Waals surface area contributed by atoms with Gasteiger partial charge in [0.1, 0.15) is 0 Å². The SMILES string of the molecule is CN(Cc1ccc(Br)s1)C(=O)CN1CCCCC1=O. The van der Waals surface area contributed by atoms with Crippen LogP contribution in [-0.2, 0) is 16.1 Å². The average molecular weight is 345 g/mol. The summed E-state index contributed by atoms with van der Waals surface area (Å²) in [5.41, 5.74) is 0. The van der Waals surface area contributed by atoms with Gasteiger partial charge in [-0.1, -0.05) is 0 Å². The number of nitrogens with zero attached hydrogens (tertiary/aromatic N) is 2. The van der Waals surface area contributed by atoms with Gasteiger partial charge in [0.05, 0.1) is 16.9 Å². The number of carbonyl (C=O) groups is 2. The third-order valence-corrected chi connectivity index (χ3v) is 4.80. The minimum atomic E-state index is -0.000211. The molecule has 1 aromatic heterocycles. The predicted molar refractivity (Wildman–Crippen MR) is 78.9 cm³/mol. The van der Waals surface area contributed by atoms with Crippen molar-refractivity contribution in [1.29, 1.82) is 0 Å². The van der Waals surface area contributed by atoms with Gasteiger partial charge in [-0.05, 0) is 40.9 Å². The molecule has 2 amide bonds. The highest BCUT2D eigenvalue weighted by molar-refractivity contribution is 9.11. The maximum Gasteiger partial charge on any atom is 0.242 e. The minimum Gasteiger partial charge on any atom is -0.339 e. The number of hydrogen-bond acceptors (Lipinski definition) is 3. The summed E-state index contributed by atoms with van der Waals surface area (Å²) in [6.45, 7) is 1.52. The van der Waals surface area contributed by atoms with E-state index in [4.69, 9.17) is 0 Å². The van der Waals surface area contributed by atoms with Crippen LogP contribution in [-0.4, -0.2) is 41.8 Å². The van der Waals surface area contributed by atoms with Crippen LogP contribution in [0.2, 0.25) is 0 Å². The summed E-state index contributed by atoms with van der Waals surface area (Å²) >= 11 is 5.03. The molecule has 1 aliphatic rings. The van der Waals surface area contributed by atoms with Crippen molar-refractivity contribution in [2.45, 2.75) is 25.8 Å². The molecule has 0 aromatic carbocycles. The fraction of sp³-hybridized carbons (Fsp3) is 0.538. The van der Waals surface area contributed by atoms with E-state index in [1.54, 1.807) is 28.2 Å². The van der Waals surface area contributed by atoms with E-state index >= 15 is 0 Å². The number of likely N-dealkylation sites (tertiary alicyclic amines) is 1. The molecule has 4 nitrogen and oxygen atoms in total. The fourth-order valence-corrected chi connectivity index (χ4v) is 3.61. The van der Waals surface area contributed by atoms with Gasteiger partial charge in [-0.3, -0.25) is 9.59 Å². The fourth-order valence-electron chi connectivity index (χ4n) is 2.07. The van der Waals surface area contributed by atoms with Crippen LogP contribution in [0.15, 0.2) is 15.9 Å². The zero-order valence-electron chi connectivity index (χ0n) is 10.9. The number of carbonyl (C=O) groups excluding carboxylic acids is 2. The zero-order chi connectivity index (χ0) is 13.8. The van der Waals surface area contributed by atoms with Gasteiger partial charge in [0.25, 0.3) is 0 Å². The first-order valence-corrected chi connectivity index (χ1v) is 7.93. The van der Waals surface area contributed by atoms with Crippen LogP contribution in [0.4, 0.5) is 0 Å². The summed E-state index contributed by atoms with van der Waals surface area (Å²) < 4.78 is 1.06. The van der Waals surface area contributed by atoms with Gasteiger partial charge in [0.15, 0.2) is 0 Å². The second-order valence-corrected chi connectivity index (χ2v) is 7.28. The molecule has 6 heteroatoms. The number of halogens is 1. The van der Waals surface area contributed by atoms with Gasteiger partial charge in [0.2, 0.25) is 11.8 Å². The Labute approximate surface area is 125 Å². The van der Waals surface area contributed by atoms with Gasteiger partial charge >= 0.3 is 0 Å². The molecular formula is C13H17BrN2O2S. The molecule has 0 saturated carbocycles. The van der Waals surface area contributed by atoms with E-state index in [1.165, 1.54) is 0 Å². The second kappa shape index (κ2) is 6.52. The molecule has 0 atom stereocenters. The first-order chi connectivity index (χ1) is 9.06. The molecule has 19 heavy (non-hydrogen) atoms. The smallest absolute Gasteiger partial charge is 0.242 e. The van der Waals surface area contributed by atoms with Gasteiger partial charge < -0.3 is 9.80 Å². The molecule has 104 valence electrons. The Morgan fingerprint density at radius 2 is 2.26 bits per heavy atom. The van der Waals surface area contributed by atoms with Crippen molar-refractivity contribution < 1.29 is 9.59 Å². The highest BCUT2D eigenvalue weighted by Crippen LogP contribution is 2.23. The Hall–Kier alpha value is -0.880. The van der Waals surface area contributed by atoms with E-state index in [2.05, 4.69) is 15.9 Å². The Morgan fingerprint density at radius 3 is 2.89 bits per heavy atom. The molecule has 0 aliphatic carbocycles. The third-order valence-electron chi connectivity index (χ3n) is 3.20. The molecular weight excluding hydrogens is 328 g/mol. The van der Waals surface area contributed by atoms with E-state index in [9.17, 15) is 9.59 Å². The third kappa shape index (κ3) is 4.04. The van der Waals surface area contributed by atoms with Crippen molar-refractivity contribution in [2.75, 3.05) is 20.1 Å². The lowest BCUT2D eigenvalue weighted by Gasteiger charge is -2.28. The standard InChI is InChI=1S/C13H17BrN2O2S/c1-15(8-10-5-6-11(14)19-10)13(18)9-16-7-3-2-4-12(16)17/h5-6H,2-4,7-9H2,1H3. The summed E-state index contributed by atoms with van der Waals surface area (Å²) in [6.07, 6.45) is 2.53. The van der Waals surface area contributed by atoms with Crippen LogP contribution >= 0.6 is 27.3 Å². The van der Waals surface area contributed by atoms with E-state index in [-0.39, 0.29) is 18.4 Å². The van der Waals surface area contributed by atoms with Crippen LogP contribution in [0.5, 0.6) is 0 Å². The highest BCUT2D eigenvalue weighted by Gasteiger charge is 2.22. The zero-order valence-corrected chi connectivity index (χ0v) is 13.3. The van der Waals surface area contributed by atoms with Crippen molar-refractivity contribution in [3.05, 3.63) is 20.8 Å². The lowest BCUT2D eigenvalue weighted by molar-refractivity contribution is -0.141. The number of piperidine rings is 1. The second-order valence-electron chi connectivity index (χ2n) is 4.73. The molecule has 0 spiro atoms. The topological polar surface area (TPSA) is 40.6 Å². The van der Waals surface area contributed by atoms with Gasteiger partial charge in [-0.15, -0.1) is 11.3 Å². The largest absolute Gasteiger partial charge is 0.339 e. The van der Waals surface area contributed by atoms with Gasteiger partial charge in [0, 0.05) is 24.9 Å². The molecule has 0 N–H and O–H groups in total. The lowest BCUT2D eigenvalue weighted by Crippen LogP contribution is -2.43. The Morgan fingerprint density at radius 1 is 1.47 bits per heavy atom. The van der Waals surface area contributed by atoms with E-state index < -0.39 is 0 Å². The first kappa shape index (κ1) is 14.5. The van der Waals surface area contributed by atoms with E-state index in [1.807, 2.05) is 12.1 Å². The van der Waals surface area contributed by atoms with Crippen molar-refractivity contribution in [1.82, 2.24) is 9.80 Å². The van der Waals surface area contributed by atoms with Gasteiger partial charge in [-0.2, -0.15) is 0 Å². The molecule has 0 radical (unpaired) electrons. The normalized spacial score (nSPS) is 15.7. The predicted octanol–water partition coefficient (Wildman–Crippen LogP) is 2.48. The van der Waals surface area contributed by atoms with Crippen molar-refractivity contribution in [2.24, 2.45) is 0 Å². The number of hydrogen-bond donors (Lipinski definition) is 0. The Kier molecular flexibility index (Phi) is 4.99. The molecule has 2 heterocycles. The molecule has 0 unspecified atom stereocenters. The molecule has 1 aliphatic heterocycles. The number of thiophene rings is 1. The molecule has 0 bridgehead atoms. The van der Waals surface area contributed by atoms with Crippen LogP contribution in [0.25, 0.3) is 0 Å². The van der Waals surface area contributed by atoms with Crippen LogP contribution < -0.4 is 0 Å². The minimum absolute atomic E-state index is 0.000211. The number of amides is 2. The molecule has 1 saturated heterocycles. The van der Waals surface area contributed by atoms with Crippen molar-refractivity contribution in [3.63, 3.8) is 0 Å². The van der Waals surface area contributed by atoms with Crippen LogP contribution in [0, 0.1) is 0 Å². The average Bonchev–Trinajstić information content (AvgIpc) is 2.77. The maximum absolute atomic E-state index is 12.1. The first-order valence-electron chi connectivity index (χ1n) is 6.32. The van der Waals surface area contributed by atoms with Crippen LogP contribution in [0.3, 0.4) is 0 Å². The Balaban J connectivity index is 1.86. The summed E-state index contributed by atoms with van der Waals surface area (Å²) in [5.74, 6) is 0.103. The summed E-state index contributed by atoms with van der Waals surface area (Å²) in [4.78, 5) is 28.2. The molecule has 1 fully saturated rings. The van der Waals surface area contributed by atoms with Gasteiger partial charge in [-0.25, -0.2) is 0 Å². The molecule has 1 aromatic rings. The summed E-state index contributed by atoms with van der Waals surface area (Å²) in [5, 5.41) is 0. The summed E-state index contributed by atoms with van der Waals surface area (Å²) in [7, 11) is 1.78. The summed E-state index contributed by atoms with van der Waals surface area (Å²) in [6, 6.07) is 3.98. The molecule has 2 rings (SSSR count). The van der Waals surface area contributed by atoms with Crippen molar-refractivity contribution in [3.8, 4) is 0 Å².